The second-order valence-electron chi connectivity index (χ2n) is 8.70. The van der Waals surface area contributed by atoms with Gasteiger partial charge in [-0.25, -0.2) is 0 Å². The molecule has 0 aliphatic heterocycles. The van der Waals surface area contributed by atoms with Gasteiger partial charge in [0.2, 0.25) is 0 Å². The van der Waals surface area contributed by atoms with Gasteiger partial charge in [-0.1, -0.05) is 24.3 Å². The van der Waals surface area contributed by atoms with Gasteiger partial charge in [0.1, 0.15) is 4.88 Å². The van der Waals surface area contributed by atoms with Gasteiger partial charge in [-0.05, 0) is 65.0 Å². The minimum Gasteiger partial charge on any atom is -0.380 e. The fourth-order valence-corrected chi connectivity index (χ4v) is 4.80. The van der Waals surface area contributed by atoms with Gasteiger partial charge in [-0.2, -0.15) is 0 Å². The van der Waals surface area contributed by atoms with E-state index in [0.717, 1.165) is 33.9 Å². The van der Waals surface area contributed by atoms with Crippen LogP contribution in [0.25, 0.3) is 10.9 Å². The van der Waals surface area contributed by atoms with Gasteiger partial charge in [-0.15, -0.1) is 11.3 Å². The summed E-state index contributed by atoms with van der Waals surface area (Å²) in [6.07, 6.45) is 6.00. The Morgan fingerprint density at radius 1 is 0.925 bits per heavy atom. The second kappa shape index (κ2) is 12.5. The molecule has 4 N–H and O–H groups in total. The number of rotatable bonds is 11. The van der Waals surface area contributed by atoms with Crippen LogP contribution in [0.4, 0.5) is 17.1 Å². The summed E-state index contributed by atoms with van der Waals surface area (Å²) in [6.45, 7) is 0.915. The van der Waals surface area contributed by atoms with E-state index >= 15 is 0 Å². The molecule has 10 nitrogen and oxygen atoms in total. The van der Waals surface area contributed by atoms with E-state index in [1.165, 1.54) is 11.3 Å². The van der Waals surface area contributed by atoms with Gasteiger partial charge >= 0.3 is 0 Å². The number of amides is 1. The number of anilines is 3. The Hall–Kier alpha value is -5.29. The highest BCUT2D eigenvalue weighted by Gasteiger charge is 2.14. The standard InChI is InChI=1S/C29H25N7O3S/c37-29(28-26(12-15-40-28)32-18-21-11-14-31-25-6-2-1-5-24(21)25)35-23-9-7-22(8-10-23)34-27(19-36(38)39)33-17-20-4-3-13-30-16-20/h1-16,19,32-34H,17-18H2,(H,35,37). The third kappa shape index (κ3) is 6.77. The molecule has 40 heavy (non-hydrogen) atoms. The molecular weight excluding hydrogens is 526 g/mol. The average molecular weight is 552 g/mol. The summed E-state index contributed by atoms with van der Waals surface area (Å²) in [5.74, 6) is -0.00761. The Kier molecular flexibility index (Phi) is 8.23. The molecule has 3 heterocycles. The van der Waals surface area contributed by atoms with E-state index in [4.69, 9.17) is 0 Å². The van der Waals surface area contributed by atoms with Crippen molar-refractivity contribution >= 4 is 45.2 Å². The van der Waals surface area contributed by atoms with Gasteiger partial charge in [0.15, 0.2) is 5.82 Å². The van der Waals surface area contributed by atoms with Crippen LogP contribution in [0.3, 0.4) is 0 Å². The minimum atomic E-state index is -0.531. The molecule has 0 aliphatic carbocycles. The summed E-state index contributed by atoms with van der Waals surface area (Å²) in [4.78, 5) is 32.6. The fraction of sp³-hybridized carbons (Fsp3) is 0.0690. The van der Waals surface area contributed by atoms with Gasteiger partial charge in [-0.3, -0.25) is 24.9 Å². The SMILES string of the molecule is O=C(Nc1ccc(NC(=C[N+](=O)[O-])NCc2cccnc2)cc1)c1sccc1NCc1ccnc2ccccc12. The molecule has 0 saturated carbocycles. The van der Waals surface area contributed by atoms with E-state index in [0.29, 0.717) is 29.3 Å². The predicted molar refractivity (Wildman–Crippen MR) is 158 cm³/mol. The number of carbonyl (C=O) groups excluding carboxylic acids is 1. The van der Waals surface area contributed by atoms with E-state index in [1.807, 2.05) is 47.8 Å². The van der Waals surface area contributed by atoms with Crippen molar-refractivity contribution in [1.29, 1.82) is 0 Å². The zero-order valence-electron chi connectivity index (χ0n) is 21.2. The Bertz CT molecular complexity index is 1650. The number of hydrogen-bond acceptors (Lipinski definition) is 9. The summed E-state index contributed by atoms with van der Waals surface area (Å²) in [5.41, 5.74) is 4.86. The molecule has 0 spiro atoms. The Balaban J connectivity index is 1.20. The lowest BCUT2D eigenvalue weighted by Crippen LogP contribution is -2.20. The number of thiophene rings is 1. The Morgan fingerprint density at radius 2 is 1.73 bits per heavy atom. The summed E-state index contributed by atoms with van der Waals surface area (Å²) < 4.78 is 0. The van der Waals surface area contributed by atoms with Gasteiger partial charge < -0.3 is 21.3 Å². The third-order valence-electron chi connectivity index (χ3n) is 5.94. The molecule has 1 amide bonds. The number of carbonyl (C=O) groups is 1. The summed E-state index contributed by atoms with van der Waals surface area (Å²) in [7, 11) is 0. The topological polar surface area (TPSA) is 134 Å². The Morgan fingerprint density at radius 3 is 2.50 bits per heavy atom. The average Bonchev–Trinajstić information content (AvgIpc) is 3.45. The molecule has 0 radical (unpaired) electrons. The summed E-state index contributed by atoms with van der Waals surface area (Å²) in [6, 6.07) is 22.4. The molecule has 0 bridgehead atoms. The number of fused-ring (bicyclic) bond motifs is 1. The Labute approximate surface area is 234 Å². The normalized spacial score (nSPS) is 11.2. The summed E-state index contributed by atoms with van der Waals surface area (Å²) in [5, 5.41) is 26.3. The molecule has 2 aromatic carbocycles. The lowest BCUT2D eigenvalue weighted by atomic mass is 10.1. The minimum absolute atomic E-state index is 0.224. The van der Waals surface area contributed by atoms with Crippen LogP contribution < -0.4 is 21.3 Å². The van der Waals surface area contributed by atoms with Crippen molar-refractivity contribution in [3.05, 3.63) is 135 Å². The molecule has 0 aliphatic rings. The molecule has 0 fully saturated rings. The van der Waals surface area contributed by atoms with Crippen LogP contribution >= 0.6 is 11.3 Å². The molecule has 3 aromatic heterocycles. The molecule has 11 heteroatoms. The first-order chi connectivity index (χ1) is 19.5. The molecular formula is C29H25N7O3S. The first kappa shape index (κ1) is 26.3. The van der Waals surface area contributed by atoms with E-state index in [2.05, 4.69) is 31.2 Å². The number of nitrogens with zero attached hydrogens (tertiary/aromatic N) is 3. The number of para-hydroxylation sites is 1. The van der Waals surface area contributed by atoms with Crippen molar-refractivity contribution in [2.24, 2.45) is 0 Å². The number of aromatic nitrogens is 2. The van der Waals surface area contributed by atoms with Gasteiger partial charge in [0.05, 0.1) is 16.1 Å². The molecule has 200 valence electrons. The van der Waals surface area contributed by atoms with Crippen LogP contribution in [-0.4, -0.2) is 20.8 Å². The number of benzene rings is 2. The van der Waals surface area contributed by atoms with Crippen LogP contribution in [0.5, 0.6) is 0 Å². The van der Waals surface area contributed by atoms with Crippen LogP contribution in [0.1, 0.15) is 20.8 Å². The largest absolute Gasteiger partial charge is 0.380 e. The maximum Gasteiger partial charge on any atom is 0.274 e. The van der Waals surface area contributed by atoms with Gasteiger partial charge in [0.25, 0.3) is 12.1 Å². The maximum atomic E-state index is 13.1. The lowest BCUT2D eigenvalue weighted by Gasteiger charge is -2.13. The zero-order chi connectivity index (χ0) is 27.7. The van der Waals surface area contributed by atoms with E-state index in [-0.39, 0.29) is 11.7 Å². The quantitative estimate of drug-likeness (QED) is 0.119. The molecule has 0 atom stereocenters. The van der Waals surface area contributed by atoms with Crippen molar-refractivity contribution in [3.63, 3.8) is 0 Å². The first-order valence-electron chi connectivity index (χ1n) is 12.4. The van der Waals surface area contributed by atoms with Crippen molar-refractivity contribution in [2.45, 2.75) is 13.1 Å². The molecule has 0 unspecified atom stereocenters. The van der Waals surface area contributed by atoms with Crippen molar-refractivity contribution in [2.75, 3.05) is 16.0 Å². The highest BCUT2D eigenvalue weighted by molar-refractivity contribution is 7.12. The smallest absolute Gasteiger partial charge is 0.274 e. The van der Waals surface area contributed by atoms with Crippen LogP contribution in [0.15, 0.2) is 109 Å². The van der Waals surface area contributed by atoms with Crippen LogP contribution in [0, 0.1) is 10.1 Å². The molecule has 5 aromatic rings. The highest BCUT2D eigenvalue weighted by atomic mass is 32.1. The van der Waals surface area contributed by atoms with Crippen LogP contribution in [-0.2, 0) is 13.1 Å². The van der Waals surface area contributed by atoms with E-state index in [1.54, 1.807) is 48.9 Å². The second-order valence-corrected chi connectivity index (χ2v) is 9.62. The third-order valence-corrected chi connectivity index (χ3v) is 6.86. The van der Waals surface area contributed by atoms with Crippen molar-refractivity contribution in [1.82, 2.24) is 15.3 Å². The van der Waals surface area contributed by atoms with E-state index < -0.39 is 4.92 Å². The first-order valence-corrected chi connectivity index (χ1v) is 13.2. The van der Waals surface area contributed by atoms with E-state index in [9.17, 15) is 14.9 Å². The molecule has 5 rings (SSSR count). The zero-order valence-corrected chi connectivity index (χ0v) is 22.0. The molecule has 0 saturated heterocycles. The number of hydrogen-bond donors (Lipinski definition) is 4. The highest BCUT2D eigenvalue weighted by Crippen LogP contribution is 2.26. The fourth-order valence-electron chi connectivity index (χ4n) is 4.03. The number of nitrogens with one attached hydrogen (secondary N) is 4. The van der Waals surface area contributed by atoms with Crippen LogP contribution in [0.2, 0.25) is 0 Å². The van der Waals surface area contributed by atoms with Crippen molar-refractivity contribution < 1.29 is 9.72 Å². The summed E-state index contributed by atoms with van der Waals surface area (Å²) >= 11 is 1.35. The predicted octanol–water partition coefficient (Wildman–Crippen LogP) is 5.83. The number of pyridine rings is 2. The maximum absolute atomic E-state index is 13.1. The monoisotopic (exact) mass is 551 g/mol. The number of nitro groups is 1. The van der Waals surface area contributed by atoms with Gasteiger partial charge in [0, 0.05) is 48.4 Å². The van der Waals surface area contributed by atoms with Crippen molar-refractivity contribution in [3.8, 4) is 0 Å². The lowest BCUT2D eigenvalue weighted by molar-refractivity contribution is -0.403.